The number of sulfonamides is 1. The Morgan fingerprint density at radius 2 is 1.85 bits per heavy atom. The number of benzene rings is 2. The molecule has 0 amide bonds. The average molecular weight is 398 g/mol. The van der Waals surface area contributed by atoms with Crippen LogP contribution < -0.4 is 9.46 Å². The van der Waals surface area contributed by atoms with Crippen molar-refractivity contribution in [2.45, 2.75) is 24.8 Å². The Morgan fingerprint density at radius 3 is 2.46 bits per heavy atom. The van der Waals surface area contributed by atoms with Crippen LogP contribution in [0.4, 0.5) is 0 Å². The number of hydrogen-bond donors (Lipinski definition) is 1. The van der Waals surface area contributed by atoms with E-state index in [2.05, 4.69) is 9.46 Å². The third-order valence-corrected chi connectivity index (χ3v) is 5.45. The number of carbonyl (C=O) groups is 1. The summed E-state index contributed by atoms with van der Waals surface area (Å²) in [5, 5.41) is 0.117. The van der Waals surface area contributed by atoms with Gasteiger partial charge >= 0.3 is 5.97 Å². The lowest BCUT2D eigenvalue weighted by molar-refractivity contribution is 0.0600. The van der Waals surface area contributed by atoms with E-state index in [1.165, 1.54) is 25.3 Å². The third-order valence-electron chi connectivity index (χ3n) is 3.53. The fraction of sp³-hybridized carbons (Fsp3) is 0.278. The van der Waals surface area contributed by atoms with Crippen molar-refractivity contribution in [2.75, 3.05) is 13.7 Å². The van der Waals surface area contributed by atoms with Crippen molar-refractivity contribution in [1.82, 2.24) is 4.72 Å². The number of ether oxygens (including phenoxy) is 2. The fourth-order valence-electron chi connectivity index (χ4n) is 2.16. The van der Waals surface area contributed by atoms with Crippen molar-refractivity contribution < 1.29 is 22.7 Å². The summed E-state index contributed by atoms with van der Waals surface area (Å²) in [4.78, 5) is 11.6. The van der Waals surface area contributed by atoms with Crippen molar-refractivity contribution >= 4 is 27.6 Å². The van der Waals surface area contributed by atoms with Crippen LogP contribution in [0.15, 0.2) is 47.4 Å². The normalized spacial score (nSPS) is 12.5. The van der Waals surface area contributed by atoms with Crippen LogP contribution in [-0.2, 0) is 14.8 Å². The van der Waals surface area contributed by atoms with Crippen LogP contribution in [0.5, 0.6) is 5.75 Å². The Kier molecular flexibility index (Phi) is 6.63. The Morgan fingerprint density at radius 1 is 1.19 bits per heavy atom. The predicted molar refractivity (Wildman–Crippen MR) is 99.2 cm³/mol. The first-order valence-electron chi connectivity index (χ1n) is 7.82. The van der Waals surface area contributed by atoms with Gasteiger partial charge in [0.05, 0.1) is 28.6 Å². The van der Waals surface area contributed by atoms with Gasteiger partial charge in [-0.3, -0.25) is 0 Å². The van der Waals surface area contributed by atoms with Crippen LogP contribution in [0.1, 0.15) is 22.8 Å². The summed E-state index contributed by atoms with van der Waals surface area (Å²) in [5.74, 6) is -0.0519. The minimum absolute atomic E-state index is 0.0133. The molecule has 6 nitrogen and oxygen atoms in total. The highest BCUT2D eigenvalue weighted by atomic mass is 35.5. The van der Waals surface area contributed by atoms with Gasteiger partial charge in [0.15, 0.2) is 0 Å². The zero-order valence-electron chi connectivity index (χ0n) is 14.7. The first-order chi connectivity index (χ1) is 12.2. The van der Waals surface area contributed by atoms with Crippen LogP contribution in [0, 0.1) is 6.92 Å². The second-order valence-corrected chi connectivity index (χ2v) is 7.90. The molecule has 0 bridgehead atoms. The molecule has 0 aliphatic rings. The van der Waals surface area contributed by atoms with Crippen molar-refractivity contribution in [3.8, 4) is 5.75 Å². The van der Waals surface area contributed by atoms with E-state index >= 15 is 0 Å². The fourth-order valence-corrected chi connectivity index (χ4v) is 3.61. The molecule has 0 aliphatic heterocycles. The van der Waals surface area contributed by atoms with Crippen LogP contribution in [0.3, 0.4) is 0 Å². The quantitative estimate of drug-likeness (QED) is 0.725. The Balaban J connectivity index is 2.07. The molecule has 1 atom stereocenters. The highest BCUT2D eigenvalue weighted by molar-refractivity contribution is 7.89. The monoisotopic (exact) mass is 397 g/mol. The Hall–Kier alpha value is -2.09. The van der Waals surface area contributed by atoms with E-state index in [4.69, 9.17) is 16.3 Å². The summed E-state index contributed by atoms with van der Waals surface area (Å²) in [6.07, 6.45) is 0. The van der Waals surface area contributed by atoms with Crippen LogP contribution >= 0.6 is 11.6 Å². The Bertz CT molecular complexity index is 881. The molecule has 0 radical (unpaired) electrons. The number of methoxy groups -OCH3 is 1. The zero-order valence-corrected chi connectivity index (χ0v) is 16.2. The molecule has 1 N–H and O–H groups in total. The molecule has 2 rings (SSSR count). The summed E-state index contributed by atoms with van der Waals surface area (Å²) < 4.78 is 37.7. The maximum Gasteiger partial charge on any atom is 0.339 e. The maximum atomic E-state index is 12.5. The number of halogens is 1. The molecule has 26 heavy (non-hydrogen) atoms. The molecule has 0 saturated carbocycles. The lowest BCUT2D eigenvalue weighted by Gasteiger charge is -2.16. The van der Waals surface area contributed by atoms with E-state index in [0.717, 1.165) is 5.56 Å². The summed E-state index contributed by atoms with van der Waals surface area (Å²) in [5.41, 5.74) is 1.09. The molecule has 0 unspecified atom stereocenters. The molecule has 0 fully saturated rings. The highest BCUT2D eigenvalue weighted by Crippen LogP contribution is 2.21. The number of esters is 1. The number of rotatable bonds is 7. The van der Waals surface area contributed by atoms with E-state index in [9.17, 15) is 13.2 Å². The molecule has 0 aromatic heterocycles. The summed E-state index contributed by atoms with van der Waals surface area (Å²) in [6, 6.07) is 10.8. The largest absolute Gasteiger partial charge is 0.492 e. The van der Waals surface area contributed by atoms with Crippen molar-refractivity contribution in [3.05, 3.63) is 58.6 Å². The minimum Gasteiger partial charge on any atom is -0.492 e. The minimum atomic E-state index is -3.85. The summed E-state index contributed by atoms with van der Waals surface area (Å²) >= 11 is 5.92. The van der Waals surface area contributed by atoms with Gasteiger partial charge in [-0.05, 0) is 44.2 Å². The van der Waals surface area contributed by atoms with Crippen LogP contribution in [0.2, 0.25) is 5.02 Å². The zero-order chi connectivity index (χ0) is 19.3. The SMILES string of the molecule is COC(=O)c1cc(S(=O)(=O)N[C@@H](C)COc2ccc(C)cc2)ccc1Cl. The topological polar surface area (TPSA) is 81.7 Å². The van der Waals surface area contributed by atoms with Crippen molar-refractivity contribution in [1.29, 1.82) is 0 Å². The predicted octanol–water partition coefficient (Wildman–Crippen LogP) is 3.18. The number of aryl methyl sites for hydroxylation is 1. The van der Waals surface area contributed by atoms with E-state index in [1.54, 1.807) is 6.92 Å². The number of nitrogens with one attached hydrogen (secondary N) is 1. The van der Waals surface area contributed by atoms with E-state index < -0.39 is 22.0 Å². The molecule has 2 aromatic rings. The standard InChI is InChI=1S/C18H20ClNO5S/c1-12-4-6-14(7-5-12)25-11-13(2)20-26(22,23)15-8-9-17(19)16(10-15)18(21)24-3/h4-10,13,20H,11H2,1-3H3/t13-/m0/s1. The Labute approximate surface area is 158 Å². The average Bonchev–Trinajstić information content (AvgIpc) is 2.60. The molecule has 0 aliphatic carbocycles. The molecule has 0 spiro atoms. The first-order valence-corrected chi connectivity index (χ1v) is 9.68. The number of carbonyl (C=O) groups excluding carboxylic acids is 1. The second kappa shape index (κ2) is 8.53. The maximum absolute atomic E-state index is 12.5. The van der Waals surface area contributed by atoms with Gasteiger partial charge in [-0.2, -0.15) is 0 Å². The molecular weight excluding hydrogens is 378 g/mol. The second-order valence-electron chi connectivity index (χ2n) is 5.78. The molecule has 8 heteroatoms. The smallest absolute Gasteiger partial charge is 0.339 e. The van der Waals surface area contributed by atoms with Gasteiger partial charge in [-0.15, -0.1) is 0 Å². The van der Waals surface area contributed by atoms with E-state index in [0.29, 0.717) is 5.75 Å². The van der Waals surface area contributed by atoms with E-state index in [1.807, 2.05) is 31.2 Å². The van der Waals surface area contributed by atoms with Crippen molar-refractivity contribution in [2.24, 2.45) is 0 Å². The summed E-state index contributed by atoms with van der Waals surface area (Å²) in [7, 11) is -2.65. The highest BCUT2D eigenvalue weighted by Gasteiger charge is 2.21. The molecular formula is C18H20ClNO5S. The van der Waals surface area contributed by atoms with Gasteiger partial charge in [0, 0.05) is 0 Å². The van der Waals surface area contributed by atoms with Crippen LogP contribution in [-0.4, -0.2) is 34.1 Å². The molecule has 2 aromatic carbocycles. The lowest BCUT2D eigenvalue weighted by Crippen LogP contribution is -2.36. The lowest BCUT2D eigenvalue weighted by atomic mass is 10.2. The van der Waals surface area contributed by atoms with Gasteiger partial charge in [-0.1, -0.05) is 29.3 Å². The molecule has 0 heterocycles. The summed E-state index contributed by atoms with van der Waals surface area (Å²) in [6.45, 7) is 3.80. The van der Waals surface area contributed by atoms with Crippen molar-refractivity contribution in [3.63, 3.8) is 0 Å². The van der Waals surface area contributed by atoms with E-state index in [-0.39, 0.29) is 22.1 Å². The molecule has 0 saturated heterocycles. The van der Waals surface area contributed by atoms with Crippen LogP contribution in [0.25, 0.3) is 0 Å². The first kappa shape index (κ1) is 20.2. The van der Waals surface area contributed by atoms with Gasteiger partial charge in [0.25, 0.3) is 0 Å². The number of hydrogen-bond acceptors (Lipinski definition) is 5. The third kappa shape index (κ3) is 5.20. The van der Waals surface area contributed by atoms with Gasteiger partial charge in [0.2, 0.25) is 10.0 Å². The molecule has 140 valence electrons. The van der Waals surface area contributed by atoms with Gasteiger partial charge in [-0.25, -0.2) is 17.9 Å². The van der Waals surface area contributed by atoms with Gasteiger partial charge < -0.3 is 9.47 Å². The van der Waals surface area contributed by atoms with Gasteiger partial charge in [0.1, 0.15) is 12.4 Å².